The van der Waals surface area contributed by atoms with Crippen LogP contribution in [0.1, 0.15) is 18.7 Å². The highest BCUT2D eigenvalue weighted by Gasteiger charge is 2.18. The first kappa shape index (κ1) is 17.8. The molecule has 7 heteroatoms. The van der Waals surface area contributed by atoms with E-state index in [4.69, 9.17) is 14.3 Å². The van der Waals surface area contributed by atoms with Gasteiger partial charge in [0.25, 0.3) is 0 Å². The predicted octanol–water partition coefficient (Wildman–Crippen LogP) is 1.54. The van der Waals surface area contributed by atoms with Crippen LogP contribution in [0.5, 0.6) is 5.75 Å². The number of piperidine rings is 1. The molecule has 1 aliphatic rings. The smallest absolute Gasteiger partial charge is 0.247 e. The van der Waals surface area contributed by atoms with E-state index >= 15 is 0 Å². The van der Waals surface area contributed by atoms with Gasteiger partial charge in [0.15, 0.2) is 0 Å². The molecular weight excluding hydrogens is 320 g/mol. The summed E-state index contributed by atoms with van der Waals surface area (Å²) in [5, 5.41) is 20.6. The predicted molar refractivity (Wildman–Crippen MR) is 94.2 cm³/mol. The molecule has 0 bridgehead atoms. The number of methoxy groups -OCH3 is 1. The molecule has 2 heterocycles. The summed E-state index contributed by atoms with van der Waals surface area (Å²) < 4.78 is 10.9. The number of aromatic nitrogens is 2. The van der Waals surface area contributed by atoms with Crippen molar-refractivity contribution < 1.29 is 14.3 Å². The summed E-state index contributed by atoms with van der Waals surface area (Å²) in [7, 11) is 1.64. The van der Waals surface area contributed by atoms with Crippen molar-refractivity contribution in [1.82, 2.24) is 20.4 Å². The van der Waals surface area contributed by atoms with Crippen molar-refractivity contribution in [3.05, 3.63) is 30.2 Å². The van der Waals surface area contributed by atoms with E-state index in [0.717, 1.165) is 50.3 Å². The lowest BCUT2D eigenvalue weighted by molar-refractivity contribution is 0.146. The third-order valence-electron chi connectivity index (χ3n) is 4.64. The van der Waals surface area contributed by atoms with Gasteiger partial charge in [-0.3, -0.25) is 0 Å². The minimum Gasteiger partial charge on any atom is -0.497 e. The van der Waals surface area contributed by atoms with E-state index in [0.29, 0.717) is 24.2 Å². The van der Waals surface area contributed by atoms with Crippen LogP contribution in [0.15, 0.2) is 28.7 Å². The van der Waals surface area contributed by atoms with Crippen LogP contribution >= 0.6 is 0 Å². The summed E-state index contributed by atoms with van der Waals surface area (Å²) in [4.78, 5) is 2.32. The lowest BCUT2D eigenvalue weighted by atomic mass is 9.97. The molecule has 25 heavy (non-hydrogen) atoms. The summed E-state index contributed by atoms with van der Waals surface area (Å²) in [5.41, 5.74) is 0.885. The Kier molecular flexibility index (Phi) is 6.38. The third-order valence-corrected chi connectivity index (χ3v) is 4.64. The Morgan fingerprint density at radius 1 is 1.24 bits per heavy atom. The molecule has 0 radical (unpaired) electrons. The fourth-order valence-electron chi connectivity index (χ4n) is 3.11. The van der Waals surface area contributed by atoms with Gasteiger partial charge in [-0.1, -0.05) is 0 Å². The number of β-amino-alcohol motifs (C(OH)–C–C–N with tert-alkyl or cyclic N) is 1. The normalized spacial score (nSPS) is 16.2. The number of nitrogens with one attached hydrogen (secondary N) is 1. The van der Waals surface area contributed by atoms with E-state index in [1.54, 1.807) is 7.11 Å². The maximum atomic E-state index is 8.98. The maximum Gasteiger partial charge on any atom is 0.247 e. The van der Waals surface area contributed by atoms with Gasteiger partial charge >= 0.3 is 0 Å². The first-order chi connectivity index (χ1) is 12.3. The third kappa shape index (κ3) is 5.01. The van der Waals surface area contributed by atoms with Gasteiger partial charge in [0.2, 0.25) is 11.8 Å². The molecule has 0 spiro atoms. The number of benzene rings is 1. The van der Waals surface area contributed by atoms with Crippen molar-refractivity contribution in [3.63, 3.8) is 0 Å². The first-order valence-corrected chi connectivity index (χ1v) is 8.79. The summed E-state index contributed by atoms with van der Waals surface area (Å²) >= 11 is 0. The monoisotopic (exact) mass is 346 g/mol. The van der Waals surface area contributed by atoms with Gasteiger partial charge in [-0.2, -0.15) is 0 Å². The van der Waals surface area contributed by atoms with Crippen LogP contribution in [-0.4, -0.2) is 60.1 Å². The van der Waals surface area contributed by atoms with Crippen LogP contribution in [0.25, 0.3) is 11.5 Å². The standard InChI is InChI=1S/C18H26N4O3/c1-24-16-4-2-15(3-5-16)18-21-20-17(25-18)13-19-12-14-6-8-22(9-7-14)10-11-23/h2-5,14,19,23H,6-13H2,1H3. The number of aliphatic hydroxyl groups is 1. The quantitative estimate of drug-likeness (QED) is 0.750. The highest BCUT2D eigenvalue weighted by Crippen LogP contribution is 2.21. The lowest BCUT2D eigenvalue weighted by Gasteiger charge is -2.31. The zero-order valence-electron chi connectivity index (χ0n) is 14.6. The minimum absolute atomic E-state index is 0.247. The van der Waals surface area contributed by atoms with Crippen molar-refractivity contribution in [2.24, 2.45) is 5.92 Å². The molecule has 1 saturated heterocycles. The second-order valence-corrected chi connectivity index (χ2v) is 6.37. The molecule has 7 nitrogen and oxygen atoms in total. The number of rotatable bonds is 8. The fourth-order valence-corrected chi connectivity index (χ4v) is 3.11. The maximum absolute atomic E-state index is 8.98. The van der Waals surface area contributed by atoms with Crippen LogP contribution in [0.2, 0.25) is 0 Å². The van der Waals surface area contributed by atoms with Crippen molar-refractivity contribution >= 4 is 0 Å². The summed E-state index contributed by atoms with van der Waals surface area (Å²) in [6.45, 7) is 4.70. The van der Waals surface area contributed by atoms with E-state index < -0.39 is 0 Å². The number of likely N-dealkylation sites (tertiary alicyclic amines) is 1. The summed E-state index contributed by atoms with van der Waals surface area (Å²) in [5.74, 6) is 2.59. The Hall–Kier alpha value is -1.96. The lowest BCUT2D eigenvalue weighted by Crippen LogP contribution is -2.38. The largest absolute Gasteiger partial charge is 0.497 e. The molecule has 1 aromatic heterocycles. The van der Waals surface area contributed by atoms with Gasteiger partial charge in [-0.25, -0.2) is 0 Å². The van der Waals surface area contributed by atoms with E-state index in [9.17, 15) is 0 Å². The van der Waals surface area contributed by atoms with Crippen molar-refractivity contribution in [1.29, 1.82) is 0 Å². The van der Waals surface area contributed by atoms with E-state index in [2.05, 4.69) is 20.4 Å². The molecular formula is C18H26N4O3. The molecule has 2 aromatic rings. The Morgan fingerprint density at radius 3 is 2.68 bits per heavy atom. The summed E-state index contributed by atoms with van der Waals surface area (Å²) in [6.07, 6.45) is 2.32. The average molecular weight is 346 g/mol. The van der Waals surface area contributed by atoms with Crippen molar-refractivity contribution in [2.45, 2.75) is 19.4 Å². The Labute approximate surface area is 148 Å². The SMILES string of the molecule is COc1ccc(-c2nnc(CNCC3CCN(CCO)CC3)o2)cc1. The molecule has 136 valence electrons. The van der Waals surface area contributed by atoms with Crippen LogP contribution in [0.3, 0.4) is 0 Å². The van der Waals surface area contributed by atoms with E-state index in [1.165, 1.54) is 0 Å². The van der Waals surface area contributed by atoms with Crippen LogP contribution in [-0.2, 0) is 6.54 Å². The number of hydrogen-bond acceptors (Lipinski definition) is 7. The number of nitrogens with zero attached hydrogens (tertiary/aromatic N) is 3. The first-order valence-electron chi connectivity index (χ1n) is 8.79. The van der Waals surface area contributed by atoms with Crippen molar-refractivity contribution in [2.75, 3.05) is 39.9 Å². The van der Waals surface area contributed by atoms with E-state index in [-0.39, 0.29) is 6.61 Å². The minimum atomic E-state index is 0.247. The Balaban J connectivity index is 1.43. The Morgan fingerprint density at radius 2 is 2.00 bits per heavy atom. The van der Waals surface area contributed by atoms with Gasteiger partial charge in [-0.05, 0) is 62.7 Å². The highest BCUT2D eigenvalue weighted by molar-refractivity contribution is 5.53. The molecule has 0 unspecified atom stereocenters. The zero-order valence-corrected chi connectivity index (χ0v) is 14.6. The molecule has 0 aliphatic carbocycles. The number of aliphatic hydroxyl groups excluding tert-OH is 1. The van der Waals surface area contributed by atoms with Crippen LogP contribution in [0.4, 0.5) is 0 Å². The topological polar surface area (TPSA) is 83.7 Å². The molecule has 1 aromatic carbocycles. The Bertz CT molecular complexity index is 636. The van der Waals surface area contributed by atoms with Crippen LogP contribution < -0.4 is 10.1 Å². The molecule has 1 aliphatic heterocycles. The van der Waals surface area contributed by atoms with Crippen molar-refractivity contribution in [3.8, 4) is 17.2 Å². The second-order valence-electron chi connectivity index (χ2n) is 6.37. The van der Waals surface area contributed by atoms with Gasteiger partial charge < -0.3 is 24.5 Å². The number of hydrogen-bond donors (Lipinski definition) is 2. The molecule has 0 saturated carbocycles. The molecule has 0 atom stereocenters. The fraction of sp³-hybridized carbons (Fsp3) is 0.556. The molecule has 1 fully saturated rings. The van der Waals surface area contributed by atoms with Gasteiger partial charge in [-0.15, -0.1) is 10.2 Å². The zero-order chi connectivity index (χ0) is 17.5. The second kappa shape index (κ2) is 8.94. The molecule has 0 amide bonds. The highest BCUT2D eigenvalue weighted by atomic mass is 16.5. The average Bonchev–Trinajstić information content (AvgIpc) is 3.12. The molecule has 2 N–H and O–H groups in total. The van der Waals surface area contributed by atoms with Gasteiger partial charge in [0, 0.05) is 12.1 Å². The van der Waals surface area contributed by atoms with Gasteiger partial charge in [0.05, 0.1) is 20.3 Å². The van der Waals surface area contributed by atoms with E-state index in [1.807, 2.05) is 24.3 Å². The molecule has 3 rings (SSSR count). The van der Waals surface area contributed by atoms with Gasteiger partial charge in [0.1, 0.15) is 5.75 Å². The van der Waals surface area contributed by atoms with Crippen LogP contribution in [0, 0.1) is 5.92 Å². The number of ether oxygens (including phenoxy) is 1. The summed E-state index contributed by atoms with van der Waals surface area (Å²) in [6, 6.07) is 7.56.